The van der Waals surface area contributed by atoms with Crippen LogP contribution in [0.25, 0.3) is 0 Å². The molecular formula is C21H29N3O3. The van der Waals surface area contributed by atoms with Gasteiger partial charge in [0.1, 0.15) is 5.75 Å². The Morgan fingerprint density at radius 2 is 1.93 bits per heavy atom. The maximum absolute atomic E-state index is 13.0. The molecule has 146 valence electrons. The van der Waals surface area contributed by atoms with Crippen molar-refractivity contribution in [2.75, 3.05) is 18.6 Å². The summed E-state index contributed by atoms with van der Waals surface area (Å²) in [5.74, 6) is 1.31. The second-order valence-corrected chi connectivity index (χ2v) is 8.29. The Balaban J connectivity index is 1.44. The van der Waals surface area contributed by atoms with Crippen molar-refractivity contribution in [3.8, 4) is 5.75 Å². The average molecular weight is 371 g/mol. The number of para-hydroxylation sites is 2. The van der Waals surface area contributed by atoms with Crippen molar-refractivity contribution in [1.82, 2.24) is 5.32 Å². The monoisotopic (exact) mass is 371 g/mol. The predicted molar refractivity (Wildman–Crippen MR) is 103 cm³/mol. The van der Waals surface area contributed by atoms with Crippen LogP contribution in [0.5, 0.6) is 5.75 Å². The number of rotatable bonds is 4. The molecular weight excluding hydrogens is 342 g/mol. The number of benzene rings is 1. The van der Waals surface area contributed by atoms with Gasteiger partial charge in [-0.05, 0) is 49.7 Å². The maximum atomic E-state index is 13.0. The summed E-state index contributed by atoms with van der Waals surface area (Å²) in [6.07, 6.45) is 5.78. The van der Waals surface area contributed by atoms with E-state index in [2.05, 4.69) is 5.32 Å². The van der Waals surface area contributed by atoms with Gasteiger partial charge in [-0.1, -0.05) is 18.6 Å². The fraction of sp³-hybridized carbons (Fsp3) is 0.619. The van der Waals surface area contributed by atoms with Gasteiger partial charge in [0.05, 0.1) is 18.7 Å². The lowest BCUT2D eigenvalue weighted by Crippen LogP contribution is -2.54. The first kappa shape index (κ1) is 18.3. The molecule has 0 radical (unpaired) electrons. The van der Waals surface area contributed by atoms with Gasteiger partial charge in [-0.2, -0.15) is 0 Å². The fourth-order valence-electron chi connectivity index (χ4n) is 5.28. The predicted octanol–water partition coefficient (Wildman–Crippen LogP) is 2.07. The molecule has 3 N–H and O–H groups in total. The van der Waals surface area contributed by atoms with E-state index in [0.717, 1.165) is 31.4 Å². The van der Waals surface area contributed by atoms with Crippen LogP contribution in [0.1, 0.15) is 38.5 Å². The Hall–Kier alpha value is -2.08. The molecule has 3 aliphatic rings. The Morgan fingerprint density at radius 3 is 2.63 bits per heavy atom. The molecule has 1 saturated heterocycles. The summed E-state index contributed by atoms with van der Waals surface area (Å²) in [6, 6.07) is 7.95. The summed E-state index contributed by atoms with van der Waals surface area (Å²) in [5, 5.41) is 3.30. The molecule has 1 aliphatic heterocycles. The second-order valence-electron chi connectivity index (χ2n) is 8.29. The number of fused-ring (bicyclic) bond motifs is 2. The summed E-state index contributed by atoms with van der Waals surface area (Å²) in [4.78, 5) is 27.2. The lowest BCUT2D eigenvalue weighted by atomic mass is 9.67. The van der Waals surface area contributed by atoms with Gasteiger partial charge in [0.25, 0.3) is 0 Å². The number of nitrogens with zero attached hydrogens (tertiary/aromatic N) is 1. The highest BCUT2D eigenvalue weighted by Crippen LogP contribution is 2.40. The minimum Gasteiger partial charge on any atom is -0.495 e. The zero-order valence-corrected chi connectivity index (χ0v) is 15.9. The highest BCUT2D eigenvalue weighted by Gasteiger charge is 2.42. The number of nitrogens with two attached hydrogens (primary N) is 1. The largest absolute Gasteiger partial charge is 0.495 e. The normalized spacial score (nSPS) is 33.0. The summed E-state index contributed by atoms with van der Waals surface area (Å²) >= 11 is 0. The highest BCUT2D eigenvalue weighted by molar-refractivity contribution is 6.01. The van der Waals surface area contributed by atoms with Crippen LogP contribution >= 0.6 is 0 Å². The SMILES string of the molecule is COc1ccccc1N1CC(C(=O)NC2C3CCCC2CC(N)C3)CC1=O. The van der Waals surface area contributed by atoms with Crippen LogP contribution in [0, 0.1) is 17.8 Å². The molecule has 1 aromatic carbocycles. The van der Waals surface area contributed by atoms with Crippen LogP contribution in [0.3, 0.4) is 0 Å². The first-order valence-electron chi connectivity index (χ1n) is 10.1. The van der Waals surface area contributed by atoms with E-state index in [0.29, 0.717) is 24.1 Å². The first-order chi connectivity index (χ1) is 13.1. The number of ether oxygens (including phenoxy) is 1. The number of carbonyl (C=O) groups excluding carboxylic acids is 2. The molecule has 6 heteroatoms. The van der Waals surface area contributed by atoms with E-state index in [1.54, 1.807) is 12.0 Å². The third kappa shape index (κ3) is 3.55. The van der Waals surface area contributed by atoms with Gasteiger partial charge in [0, 0.05) is 25.0 Å². The third-order valence-corrected chi connectivity index (χ3v) is 6.56. The molecule has 2 saturated carbocycles. The molecule has 2 bridgehead atoms. The van der Waals surface area contributed by atoms with E-state index in [1.807, 2.05) is 24.3 Å². The van der Waals surface area contributed by atoms with Gasteiger partial charge < -0.3 is 20.7 Å². The molecule has 1 heterocycles. The van der Waals surface area contributed by atoms with Crippen LogP contribution in [-0.2, 0) is 9.59 Å². The van der Waals surface area contributed by atoms with E-state index >= 15 is 0 Å². The Labute approximate surface area is 160 Å². The number of methoxy groups -OCH3 is 1. The number of hydrogen-bond donors (Lipinski definition) is 2. The van der Waals surface area contributed by atoms with Crippen molar-refractivity contribution in [1.29, 1.82) is 0 Å². The quantitative estimate of drug-likeness (QED) is 0.849. The van der Waals surface area contributed by atoms with Crippen molar-refractivity contribution < 1.29 is 14.3 Å². The van der Waals surface area contributed by atoms with E-state index < -0.39 is 0 Å². The number of anilines is 1. The minimum absolute atomic E-state index is 0.0121. The van der Waals surface area contributed by atoms with Gasteiger partial charge in [-0.25, -0.2) is 0 Å². The average Bonchev–Trinajstić information content (AvgIpc) is 3.04. The zero-order valence-electron chi connectivity index (χ0n) is 15.9. The lowest BCUT2D eigenvalue weighted by Gasteiger charge is -2.45. The van der Waals surface area contributed by atoms with Crippen molar-refractivity contribution >= 4 is 17.5 Å². The van der Waals surface area contributed by atoms with Gasteiger partial charge >= 0.3 is 0 Å². The molecule has 3 fully saturated rings. The van der Waals surface area contributed by atoms with Crippen molar-refractivity contribution in [3.05, 3.63) is 24.3 Å². The molecule has 1 aromatic rings. The van der Waals surface area contributed by atoms with Gasteiger partial charge in [0.15, 0.2) is 0 Å². The van der Waals surface area contributed by atoms with Crippen LogP contribution in [0.4, 0.5) is 5.69 Å². The summed E-state index contributed by atoms with van der Waals surface area (Å²) in [6.45, 7) is 0.409. The molecule has 0 aromatic heterocycles. The van der Waals surface area contributed by atoms with E-state index in [4.69, 9.17) is 10.5 Å². The Bertz CT molecular complexity index is 708. The lowest BCUT2D eigenvalue weighted by molar-refractivity contribution is -0.128. The highest BCUT2D eigenvalue weighted by atomic mass is 16.5. The van der Waals surface area contributed by atoms with E-state index in [9.17, 15) is 9.59 Å². The zero-order chi connectivity index (χ0) is 19.0. The standard InChI is InChI=1S/C21H29N3O3/c1-27-18-8-3-2-7-17(18)24-12-15(11-19(24)25)21(26)23-20-13-5-4-6-14(20)10-16(22)9-13/h2-3,7-8,13-16,20H,4-6,9-12,22H2,1H3,(H,23,26). The number of hydrogen-bond acceptors (Lipinski definition) is 4. The van der Waals surface area contributed by atoms with Crippen LogP contribution in [0.15, 0.2) is 24.3 Å². The molecule has 3 atom stereocenters. The van der Waals surface area contributed by atoms with Crippen LogP contribution in [-0.4, -0.2) is 37.6 Å². The van der Waals surface area contributed by atoms with Crippen molar-refractivity contribution in [2.45, 2.75) is 50.6 Å². The smallest absolute Gasteiger partial charge is 0.227 e. The van der Waals surface area contributed by atoms with Gasteiger partial charge in [-0.15, -0.1) is 0 Å². The van der Waals surface area contributed by atoms with Crippen LogP contribution < -0.4 is 20.7 Å². The summed E-state index contributed by atoms with van der Waals surface area (Å²) in [5.41, 5.74) is 6.93. The molecule has 3 unspecified atom stereocenters. The molecule has 0 spiro atoms. The Morgan fingerprint density at radius 1 is 1.22 bits per heavy atom. The molecule has 2 amide bonds. The topological polar surface area (TPSA) is 84.7 Å². The summed E-state index contributed by atoms with van der Waals surface area (Å²) in [7, 11) is 1.59. The van der Waals surface area contributed by atoms with Crippen molar-refractivity contribution in [2.24, 2.45) is 23.5 Å². The molecule has 6 nitrogen and oxygen atoms in total. The van der Waals surface area contributed by atoms with Crippen LogP contribution in [0.2, 0.25) is 0 Å². The fourth-order valence-corrected chi connectivity index (χ4v) is 5.28. The van der Waals surface area contributed by atoms with E-state index in [1.165, 1.54) is 6.42 Å². The van der Waals surface area contributed by atoms with Gasteiger partial charge in [0.2, 0.25) is 11.8 Å². The first-order valence-corrected chi connectivity index (χ1v) is 10.1. The maximum Gasteiger partial charge on any atom is 0.227 e. The second kappa shape index (κ2) is 7.50. The minimum atomic E-state index is -0.307. The molecule has 27 heavy (non-hydrogen) atoms. The molecule has 2 aliphatic carbocycles. The van der Waals surface area contributed by atoms with Crippen molar-refractivity contribution in [3.63, 3.8) is 0 Å². The number of nitrogens with one attached hydrogen (secondary N) is 1. The van der Waals surface area contributed by atoms with E-state index in [-0.39, 0.29) is 36.2 Å². The Kier molecular flexibility index (Phi) is 5.08. The number of carbonyl (C=O) groups is 2. The summed E-state index contributed by atoms with van der Waals surface area (Å²) < 4.78 is 5.38. The third-order valence-electron chi connectivity index (χ3n) is 6.56. The molecule has 4 rings (SSSR count). The number of amides is 2. The van der Waals surface area contributed by atoms with Gasteiger partial charge in [-0.3, -0.25) is 9.59 Å².